The first kappa shape index (κ1) is 6.69. The molecule has 0 aromatic carbocycles. The number of hydrogen-bond donors (Lipinski definition) is 0. The van der Waals surface area contributed by atoms with Gasteiger partial charge in [0.05, 0.1) is 0 Å². The van der Waals surface area contributed by atoms with Gasteiger partial charge in [-0.25, -0.2) is 0 Å². The SMILES string of the molecule is CC1CC(C)C2(C1)CC2C. The fourth-order valence-corrected chi connectivity index (χ4v) is 3.25. The van der Waals surface area contributed by atoms with Crippen molar-refractivity contribution in [1.29, 1.82) is 0 Å². The van der Waals surface area contributed by atoms with E-state index in [2.05, 4.69) is 20.8 Å². The normalized spacial score (nSPS) is 59.7. The molecule has 2 fully saturated rings. The Morgan fingerprint density at radius 2 is 1.60 bits per heavy atom. The Bertz CT molecular complexity index is 150. The van der Waals surface area contributed by atoms with Crippen LogP contribution in [-0.4, -0.2) is 0 Å². The van der Waals surface area contributed by atoms with E-state index in [1.54, 1.807) is 0 Å². The Labute approximate surface area is 64.0 Å². The summed E-state index contributed by atoms with van der Waals surface area (Å²) >= 11 is 0. The second-order valence-electron chi connectivity index (χ2n) is 4.78. The van der Waals surface area contributed by atoms with E-state index in [1.165, 1.54) is 19.3 Å². The third-order valence-electron chi connectivity index (χ3n) is 3.97. The van der Waals surface area contributed by atoms with E-state index in [1.807, 2.05) is 0 Å². The molecule has 4 unspecified atom stereocenters. The molecule has 2 saturated carbocycles. The summed E-state index contributed by atoms with van der Waals surface area (Å²) in [7, 11) is 0. The van der Waals surface area contributed by atoms with Gasteiger partial charge in [0.25, 0.3) is 0 Å². The summed E-state index contributed by atoms with van der Waals surface area (Å²) in [5, 5.41) is 0. The molecule has 2 aliphatic carbocycles. The third kappa shape index (κ3) is 0.681. The molecule has 0 aromatic heterocycles. The highest BCUT2D eigenvalue weighted by molar-refractivity contribution is 5.07. The Hall–Kier alpha value is 0. The quantitative estimate of drug-likeness (QED) is 0.482. The second-order valence-corrected chi connectivity index (χ2v) is 4.78. The molecule has 1 spiro atoms. The van der Waals surface area contributed by atoms with Gasteiger partial charge in [0.15, 0.2) is 0 Å². The zero-order chi connectivity index (χ0) is 7.35. The Kier molecular flexibility index (Phi) is 1.19. The maximum Gasteiger partial charge on any atom is -0.0241 e. The van der Waals surface area contributed by atoms with Crippen LogP contribution in [0.15, 0.2) is 0 Å². The molecule has 58 valence electrons. The monoisotopic (exact) mass is 138 g/mol. The molecule has 0 aromatic rings. The highest BCUT2D eigenvalue weighted by Crippen LogP contribution is 2.66. The van der Waals surface area contributed by atoms with Crippen LogP contribution in [0.4, 0.5) is 0 Å². The number of rotatable bonds is 0. The van der Waals surface area contributed by atoms with E-state index in [4.69, 9.17) is 0 Å². The predicted molar refractivity (Wildman–Crippen MR) is 43.8 cm³/mol. The lowest BCUT2D eigenvalue weighted by Crippen LogP contribution is -2.05. The van der Waals surface area contributed by atoms with Crippen molar-refractivity contribution in [2.24, 2.45) is 23.2 Å². The fraction of sp³-hybridized carbons (Fsp3) is 1.00. The van der Waals surface area contributed by atoms with Crippen molar-refractivity contribution in [1.82, 2.24) is 0 Å². The second kappa shape index (κ2) is 1.78. The average Bonchev–Trinajstić information content (AvgIpc) is 2.33. The van der Waals surface area contributed by atoms with Crippen molar-refractivity contribution in [2.75, 3.05) is 0 Å². The third-order valence-corrected chi connectivity index (χ3v) is 3.97. The minimum absolute atomic E-state index is 0.833. The van der Waals surface area contributed by atoms with Crippen LogP contribution in [0.3, 0.4) is 0 Å². The van der Waals surface area contributed by atoms with Crippen LogP contribution in [0.1, 0.15) is 40.0 Å². The summed E-state index contributed by atoms with van der Waals surface area (Å²) in [6.45, 7) is 7.29. The van der Waals surface area contributed by atoms with Gasteiger partial charge in [0.1, 0.15) is 0 Å². The Balaban J connectivity index is 2.11. The van der Waals surface area contributed by atoms with E-state index in [0.29, 0.717) is 0 Å². The standard InChI is InChI=1S/C10H18/c1-7-4-8(2)10(5-7)6-9(10)3/h7-9H,4-6H2,1-3H3. The lowest BCUT2D eigenvalue weighted by Gasteiger charge is -2.12. The molecular weight excluding hydrogens is 120 g/mol. The van der Waals surface area contributed by atoms with Crippen molar-refractivity contribution in [3.8, 4) is 0 Å². The molecule has 2 aliphatic rings. The van der Waals surface area contributed by atoms with Crippen LogP contribution in [-0.2, 0) is 0 Å². The molecule has 4 atom stereocenters. The van der Waals surface area contributed by atoms with Gasteiger partial charge in [0.2, 0.25) is 0 Å². The molecule has 0 N–H and O–H groups in total. The molecule has 2 rings (SSSR count). The first-order chi connectivity index (χ1) is 4.65. The molecular formula is C10H18. The van der Waals surface area contributed by atoms with E-state index < -0.39 is 0 Å². The molecule has 0 amide bonds. The van der Waals surface area contributed by atoms with Crippen LogP contribution in [0.25, 0.3) is 0 Å². The largest absolute Gasteiger partial charge is 0.0625 e. The fourth-order valence-electron chi connectivity index (χ4n) is 3.25. The summed E-state index contributed by atoms with van der Waals surface area (Å²) in [6, 6.07) is 0. The van der Waals surface area contributed by atoms with Gasteiger partial charge in [-0.05, 0) is 42.4 Å². The maximum absolute atomic E-state index is 2.45. The van der Waals surface area contributed by atoms with E-state index in [0.717, 1.165) is 23.2 Å². The molecule has 0 saturated heterocycles. The molecule has 0 aliphatic heterocycles. The zero-order valence-electron chi connectivity index (χ0n) is 7.35. The van der Waals surface area contributed by atoms with Crippen molar-refractivity contribution < 1.29 is 0 Å². The van der Waals surface area contributed by atoms with Gasteiger partial charge in [0, 0.05) is 0 Å². The zero-order valence-corrected chi connectivity index (χ0v) is 7.35. The first-order valence-corrected chi connectivity index (χ1v) is 4.65. The summed E-state index contributed by atoms with van der Waals surface area (Å²) < 4.78 is 0. The summed E-state index contributed by atoms with van der Waals surface area (Å²) in [6.07, 6.45) is 4.54. The summed E-state index contributed by atoms with van der Waals surface area (Å²) in [5.41, 5.74) is 0.833. The van der Waals surface area contributed by atoms with Crippen LogP contribution in [0, 0.1) is 23.2 Å². The Morgan fingerprint density at radius 3 is 1.80 bits per heavy atom. The minimum Gasteiger partial charge on any atom is -0.0625 e. The topological polar surface area (TPSA) is 0 Å². The van der Waals surface area contributed by atoms with Crippen LogP contribution in [0.5, 0.6) is 0 Å². The molecule has 0 bridgehead atoms. The highest BCUT2D eigenvalue weighted by Gasteiger charge is 2.57. The van der Waals surface area contributed by atoms with Gasteiger partial charge in [-0.3, -0.25) is 0 Å². The summed E-state index contributed by atoms with van der Waals surface area (Å²) in [5.74, 6) is 3.09. The van der Waals surface area contributed by atoms with Gasteiger partial charge < -0.3 is 0 Å². The lowest BCUT2D eigenvalue weighted by molar-refractivity contribution is 0.363. The molecule has 10 heavy (non-hydrogen) atoms. The molecule has 0 heteroatoms. The van der Waals surface area contributed by atoms with Gasteiger partial charge in [-0.1, -0.05) is 20.8 Å². The van der Waals surface area contributed by atoms with Crippen molar-refractivity contribution in [3.05, 3.63) is 0 Å². The van der Waals surface area contributed by atoms with Crippen LogP contribution in [0.2, 0.25) is 0 Å². The maximum atomic E-state index is 2.45. The summed E-state index contributed by atoms with van der Waals surface area (Å²) in [4.78, 5) is 0. The van der Waals surface area contributed by atoms with Gasteiger partial charge in [-0.2, -0.15) is 0 Å². The Morgan fingerprint density at radius 1 is 1.00 bits per heavy atom. The van der Waals surface area contributed by atoms with Crippen molar-refractivity contribution in [3.63, 3.8) is 0 Å². The molecule has 0 heterocycles. The van der Waals surface area contributed by atoms with Crippen molar-refractivity contribution >= 4 is 0 Å². The minimum atomic E-state index is 0.833. The first-order valence-electron chi connectivity index (χ1n) is 4.65. The van der Waals surface area contributed by atoms with Crippen LogP contribution < -0.4 is 0 Å². The van der Waals surface area contributed by atoms with E-state index in [9.17, 15) is 0 Å². The smallest absolute Gasteiger partial charge is 0.0241 e. The average molecular weight is 138 g/mol. The van der Waals surface area contributed by atoms with Gasteiger partial charge in [-0.15, -0.1) is 0 Å². The predicted octanol–water partition coefficient (Wildman–Crippen LogP) is 3.08. The van der Waals surface area contributed by atoms with E-state index >= 15 is 0 Å². The lowest BCUT2D eigenvalue weighted by atomic mass is 9.92. The number of hydrogen-bond acceptors (Lipinski definition) is 0. The highest BCUT2D eigenvalue weighted by atomic mass is 14.6. The van der Waals surface area contributed by atoms with Crippen LogP contribution >= 0.6 is 0 Å². The van der Waals surface area contributed by atoms with E-state index in [-0.39, 0.29) is 0 Å². The van der Waals surface area contributed by atoms with Gasteiger partial charge >= 0.3 is 0 Å². The molecule has 0 radical (unpaired) electrons. The molecule has 0 nitrogen and oxygen atoms in total. The van der Waals surface area contributed by atoms with Crippen molar-refractivity contribution in [2.45, 2.75) is 40.0 Å².